The number of carbonyl (C=O) groups is 3. The van der Waals surface area contributed by atoms with Gasteiger partial charge in [-0.15, -0.1) is 0 Å². The average Bonchev–Trinajstić information content (AvgIpc) is 3.21. The molecule has 0 radical (unpaired) electrons. The summed E-state index contributed by atoms with van der Waals surface area (Å²) in [6.45, 7) is 1.92. The number of furan rings is 1. The van der Waals surface area contributed by atoms with E-state index < -0.39 is 17.8 Å². The molecule has 0 aliphatic carbocycles. The summed E-state index contributed by atoms with van der Waals surface area (Å²) in [7, 11) is 0. The van der Waals surface area contributed by atoms with Crippen molar-refractivity contribution in [2.24, 2.45) is 0 Å². The fraction of sp³-hybridized carbons (Fsp3) is 0.0435. The van der Waals surface area contributed by atoms with E-state index in [0.29, 0.717) is 17.0 Å². The van der Waals surface area contributed by atoms with Gasteiger partial charge in [0.2, 0.25) is 0 Å². The molecule has 154 valence electrons. The van der Waals surface area contributed by atoms with Gasteiger partial charge in [-0.1, -0.05) is 29.8 Å². The van der Waals surface area contributed by atoms with Crippen LogP contribution in [0, 0.1) is 6.92 Å². The average molecular weight is 432 g/mol. The van der Waals surface area contributed by atoms with Crippen LogP contribution in [0.2, 0.25) is 0 Å². The van der Waals surface area contributed by atoms with Gasteiger partial charge in [0.1, 0.15) is 17.1 Å². The largest absolute Gasteiger partial charge is 0.478 e. The molecule has 0 atom stereocenters. The topological polar surface area (TPSA) is 99.8 Å². The highest BCUT2D eigenvalue weighted by molar-refractivity contribution is 7.80. The second-order valence-electron chi connectivity index (χ2n) is 6.88. The Balaban J connectivity index is 1.66. The Kier molecular flexibility index (Phi) is 5.22. The predicted octanol–water partition coefficient (Wildman–Crippen LogP) is 3.78. The lowest BCUT2D eigenvalue weighted by atomic mass is 10.1. The minimum absolute atomic E-state index is 0.00150. The Labute approximate surface area is 182 Å². The fourth-order valence-corrected chi connectivity index (χ4v) is 3.40. The van der Waals surface area contributed by atoms with Crippen molar-refractivity contribution in [1.29, 1.82) is 0 Å². The number of benzene rings is 2. The number of carbonyl (C=O) groups excluding carboxylic acids is 2. The molecule has 0 unspecified atom stereocenters. The molecule has 1 aliphatic heterocycles. The summed E-state index contributed by atoms with van der Waals surface area (Å²) in [5.74, 6) is -1.56. The summed E-state index contributed by atoms with van der Waals surface area (Å²) < 4.78 is 5.73. The van der Waals surface area contributed by atoms with Gasteiger partial charge in [-0.2, -0.15) is 0 Å². The smallest absolute Gasteiger partial charge is 0.335 e. The molecule has 1 fully saturated rings. The summed E-state index contributed by atoms with van der Waals surface area (Å²) in [5, 5.41) is 11.7. The molecule has 4 rings (SSSR count). The molecule has 2 amide bonds. The van der Waals surface area contributed by atoms with Crippen molar-refractivity contribution in [2.75, 3.05) is 4.90 Å². The molecule has 0 saturated carbocycles. The molecule has 31 heavy (non-hydrogen) atoms. The van der Waals surface area contributed by atoms with Gasteiger partial charge in [-0.05, 0) is 61.6 Å². The van der Waals surface area contributed by atoms with Gasteiger partial charge in [0.15, 0.2) is 5.11 Å². The molecule has 1 aromatic heterocycles. The van der Waals surface area contributed by atoms with Crippen molar-refractivity contribution in [2.45, 2.75) is 6.92 Å². The van der Waals surface area contributed by atoms with Gasteiger partial charge in [0.25, 0.3) is 11.8 Å². The minimum Gasteiger partial charge on any atom is -0.478 e. The first-order chi connectivity index (χ1) is 14.8. The van der Waals surface area contributed by atoms with Crippen LogP contribution in [0.3, 0.4) is 0 Å². The maximum atomic E-state index is 13.0. The van der Waals surface area contributed by atoms with Gasteiger partial charge in [-0.3, -0.25) is 19.8 Å². The zero-order valence-electron chi connectivity index (χ0n) is 16.3. The van der Waals surface area contributed by atoms with Gasteiger partial charge < -0.3 is 9.52 Å². The number of carboxylic acid groups (broad SMARTS) is 1. The monoisotopic (exact) mass is 432 g/mol. The predicted molar refractivity (Wildman–Crippen MR) is 118 cm³/mol. The molecule has 3 aromatic rings. The molecule has 0 spiro atoms. The minimum atomic E-state index is -1.05. The standard InChI is InChI=1S/C23H16N2O5S/c1-13-5-7-16(8-6-13)25-21(27)18(20(26)24-23(25)31)12-17-9-10-19(30-17)14-3-2-4-15(11-14)22(28)29/h2-12H,1H3,(H,28,29)(H,24,26,31)/b18-12-. The second-order valence-corrected chi connectivity index (χ2v) is 7.27. The number of nitrogens with one attached hydrogen (secondary N) is 1. The third kappa shape index (κ3) is 4.01. The summed E-state index contributed by atoms with van der Waals surface area (Å²) >= 11 is 5.19. The van der Waals surface area contributed by atoms with Crippen molar-refractivity contribution < 1.29 is 23.9 Å². The lowest BCUT2D eigenvalue weighted by Gasteiger charge is -2.28. The van der Waals surface area contributed by atoms with Crippen molar-refractivity contribution in [3.8, 4) is 11.3 Å². The lowest BCUT2D eigenvalue weighted by molar-refractivity contribution is -0.122. The zero-order chi connectivity index (χ0) is 22.1. The van der Waals surface area contributed by atoms with Crippen LogP contribution in [0.15, 0.2) is 70.7 Å². The fourth-order valence-electron chi connectivity index (χ4n) is 3.12. The van der Waals surface area contributed by atoms with E-state index in [1.54, 1.807) is 36.4 Å². The van der Waals surface area contributed by atoms with Crippen LogP contribution >= 0.6 is 12.2 Å². The number of amides is 2. The maximum Gasteiger partial charge on any atom is 0.335 e. The normalized spacial score (nSPS) is 15.3. The van der Waals surface area contributed by atoms with Gasteiger partial charge in [0.05, 0.1) is 11.3 Å². The number of nitrogens with zero attached hydrogens (tertiary/aromatic N) is 1. The van der Waals surface area contributed by atoms with Crippen molar-refractivity contribution in [1.82, 2.24) is 5.32 Å². The van der Waals surface area contributed by atoms with E-state index in [-0.39, 0.29) is 22.0 Å². The Morgan fingerprint density at radius 2 is 1.84 bits per heavy atom. The van der Waals surface area contributed by atoms with E-state index in [0.717, 1.165) is 5.56 Å². The number of rotatable bonds is 4. The van der Waals surface area contributed by atoms with Crippen molar-refractivity contribution in [3.63, 3.8) is 0 Å². The van der Waals surface area contributed by atoms with E-state index in [2.05, 4.69) is 5.32 Å². The lowest BCUT2D eigenvalue weighted by Crippen LogP contribution is -2.54. The molecule has 8 heteroatoms. The Morgan fingerprint density at radius 1 is 1.10 bits per heavy atom. The molecule has 1 saturated heterocycles. The summed E-state index contributed by atoms with van der Waals surface area (Å²) in [5.41, 5.74) is 2.12. The highest BCUT2D eigenvalue weighted by Crippen LogP contribution is 2.26. The van der Waals surface area contributed by atoms with Crippen LogP contribution < -0.4 is 10.2 Å². The maximum absolute atomic E-state index is 13.0. The Bertz CT molecular complexity index is 1260. The summed E-state index contributed by atoms with van der Waals surface area (Å²) in [4.78, 5) is 37.9. The quantitative estimate of drug-likeness (QED) is 0.370. The number of thiocarbonyl (C=S) groups is 1. The third-order valence-corrected chi connectivity index (χ3v) is 4.99. The van der Waals surface area contributed by atoms with Crippen LogP contribution in [0.4, 0.5) is 5.69 Å². The van der Waals surface area contributed by atoms with Crippen molar-refractivity contribution in [3.05, 3.63) is 83.1 Å². The number of aromatic carboxylic acids is 1. The van der Waals surface area contributed by atoms with Crippen LogP contribution in [0.5, 0.6) is 0 Å². The molecular weight excluding hydrogens is 416 g/mol. The highest BCUT2D eigenvalue weighted by Gasteiger charge is 2.34. The number of aryl methyl sites for hydroxylation is 1. The number of hydrogen-bond acceptors (Lipinski definition) is 5. The van der Waals surface area contributed by atoms with Gasteiger partial charge in [0, 0.05) is 5.56 Å². The number of hydrogen-bond donors (Lipinski definition) is 2. The van der Waals surface area contributed by atoms with Crippen LogP contribution in [-0.2, 0) is 9.59 Å². The summed E-state index contributed by atoms with van der Waals surface area (Å²) in [6.07, 6.45) is 1.34. The SMILES string of the molecule is Cc1ccc(N2C(=O)/C(=C\c3ccc(-c4cccc(C(=O)O)c4)o3)C(=O)NC2=S)cc1. The van der Waals surface area contributed by atoms with Crippen LogP contribution in [0.1, 0.15) is 21.7 Å². The van der Waals surface area contributed by atoms with Crippen molar-refractivity contribution >= 4 is 46.9 Å². The second kappa shape index (κ2) is 8.00. The molecule has 0 bridgehead atoms. The first-order valence-corrected chi connectivity index (χ1v) is 9.66. The van der Waals surface area contributed by atoms with E-state index in [4.69, 9.17) is 21.7 Å². The number of carboxylic acids is 1. The van der Waals surface area contributed by atoms with Crippen LogP contribution in [0.25, 0.3) is 17.4 Å². The first-order valence-electron chi connectivity index (χ1n) is 9.25. The highest BCUT2D eigenvalue weighted by atomic mass is 32.1. The van der Waals surface area contributed by atoms with Gasteiger partial charge >= 0.3 is 5.97 Å². The van der Waals surface area contributed by atoms with Gasteiger partial charge in [-0.25, -0.2) is 4.79 Å². The summed E-state index contributed by atoms with van der Waals surface area (Å²) in [6, 6.07) is 16.7. The molecule has 2 heterocycles. The Hall–Kier alpha value is -4.04. The van der Waals surface area contributed by atoms with E-state index in [1.807, 2.05) is 19.1 Å². The zero-order valence-corrected chi connectivity index (χ0v) is 17.1. The molecule has 7 nitrogen and oxygen atoms in total. The van der Waals surface area contributed by atoms with E-state index >= 15 is 0 Å². The Morgan fingerprint density at radius 3 is 2.55 bits per heavy atom. The third-order valence-electron chi connectivity index (χ3n) is 4.70. The first kappa shape index (κ1) is 20.2. The molecule has 2 N–H and O–H groups in total. The number of anilines is 1. The van der Waals surface area contributed by atoms with E-state index in [9.17, 15) is 14.4 Å². The molecule has 2 aromatic carbocycles. The molecular formula is C23H16N2O5S. The molecule has 1 aliphatic rings. The van der Waals surface area contributed by atoms with E-state index in [1.165, 1.54) is 23.1 Å². The van der Waals surface area contributed by atoms with Crippen LogP contribution in [-0.4, -0.2) is 28.0 Å².